The molecule has 2 aliphatic rings. The van der Waals surface area contributed by atoms with Crippen LogP contribution in [0.2, 0.25) is 0 Å². The average molecular weight is 504 g/mol. The molecule has 1 saturated heterocycles. The fourth-order valence-corrected chi connectivity index (χ4v) is 5.08. The Morgan fingerprint density at radius 1 is 1.05 bits per heavy atom. The van der Waals surface area contributed by atoms with Gasteiger partial charge in [-0.05, 0) is 28.1 Å². The van der Waals surface area contributed by atoms with Gasteiger partial charge in [-0.15, -0.1) is 5.10 Å². The lowest BCUT2D eigenvalue weighted by molar-refractivity contribution is 0.0984. The van der Waals surface area contributed by atoms with Crippen molar-refractivity contribution < 1.29 is 14.2 Å². The Kier molecular flexibility index (Phi) is 6.56. The number of benzene rings is 2. The quantitative estimate of drug-likeness (QED) is 0.385. The van der Waals surface area contributed by atoms with E-state index in [9.17, 15) is 4.79 Å². The third kappa shape index (κ3) is 4.80. The van der Waals surface area contributed by atoms with Gasteiger partial charge in [-0.25, -0.2) is 4.68 Å². The average Bonchev–Trinajstić information content (AvgIpc) is 3.57. The summed E-state index contributed by atoms with van der Waals surface area (Å²) in [4.78, 5) is 21.2. The monoisotopic (exact) mass is 503 g/mol. The molecule has 4 heterocycles. The highest BCUT2D eigenvalue weighted by atomic mass is 16.7. The summed E-state index contributed by atoms with van der Waals surface area (Å²) in [6, 6.07) is 15.7. The molecule has 1 N–H and O–H groups in total. The van der Waals surface area contributed by atoms with Crippen LogP contribution in [-0.4, -0.2) is 81.7 Å². The second-order valence-corrected chi connectivity index (χ2v) is 9.30. The number of nitrogens with zero attached hydrogens (tertiary/aromatic N) is 6. The van der Waals surface area contributed by atoms with Crippen LogP contribution in [0.15, 0.2) is 53.3 Å². The van der Waals surface area contributed by atoms with Crippen molar-refractivity contribution in [1.82, 2.24) is 35.0 Å². The molecule has 6 rings (SSSR count). The summed E-state index contributed by atoms with van der Waals surface area (Å²) >= 11 is 0. The Morgan fingerprint density at radius 3 is 2.62 bits per heavy atom. The molecule has 1 fully saturated rings. The van der Waals surface area contributed by atoms with Gasteiger partial charge in [-0.3, -0.25) is 14.6 Å². The SMILES string of the molecule is COCCn1nnnc1C(c1cc2cc3c(cc2[nH]c1=O)OCO3)N1CCN(Cc2ccccc2)CC1. The van der Waals surface area contributed by atoms with Crippen molar-refractivity contribution >= 4 is 10.9 Å². The van der Waals surface area contributed by atoms with Crippen molar-refractivity contribution in [2.24, 2.45) is 0 Å². The van der Waals surface area contributed by atoms with Crippen molar-refractivity contribution in [1.29, 1.82) is 0 Å². The number of fused-ring (bicyclic) bond motifs is 2. The summed E-state index contributed by atoms with van der Waals surface area (Å²) in [5.41, 5.74) is 2.41. The lowest BCUT2D eigenvalue weighted by Gasteiger charge is -2.38. The van der Waals surface area contributed by atoms with Crippen LogP contribution in [0.5, 0.6) is 11.5 Å². The molecule has 1 unspecified atom stereocenters. The molecule has 11 heteroatoms. The van der Waals surface area contributed by atoms with Gasteiger partial charge < -0.3 is 19.2 Å². The van der Waals surface area contributed by atoms with Crippen LogP contribution in [0.3, 0.4) is 0 Å². The number of rotatable bonds is 8. The molecule has 4 aromatic rings. The number of ether oxygens (including phenoxy) is 3. The predicted octanol–water partition coefficient (Wildman–Crippen LogP) is 1.80. The minimum absolute atomic E-state index is 0.174. The summed E-state index contributed by atoms with van der Waals surface area (Å²) in [7, 11) is 1.64. The van der Waals surface area contributed by atoms with Crippen molar-refractivity contribution in [2.75, 3.05) is 46.7 Å². The number of hydrogen-bond donors (Lipinski definition) is 1. The normalized spacial score (nSPS) is 16.9. The minimum atomic E-state index is -0.413. The fraction of sp³-hybridized carbons (Fsp3) is 0.385. The zero-order valence-corrected chi connectivity index (χ0v) is 20.7. The second kappa shape index (κ2) is 10.3. The number of H-pyrrole nitrogens is 1. The fourth-order valence-electron chi connectivity index (χ4n) is 5.08. The highest BCUT2D eigenvalue weighted by Crippen LogP contribution is 2.36. The lowest BCUT2D eigenvalue weighted by Crippen LogP contribution is -2.48. The van der Waals surface area contributed by atoms with Crippen molar-refractivity contribution in [2.45, 2.75) is 19.1 Å². The maximum atomic E-state index is 13.5. The number of hydrogen-bond acceptors (Lipinski definition) is 9. The van der Waals surface area contributed by atoms with Crippen LogP contribution in [0, 0.1) is 0 Å². The predicted molar refractivity (Wildman–Crippen MR) is 136 cm³/mol. The molecule has 2 aromatic carbocycles. The van der Waals surface area contributed by atoms with Crippen molar-refractivity contribution in [3.8, 4) is 11.5 Å². The topological polar surface area (TPSA) is 111 Å². The van der Waals surface area contributed by atoms with E-state index in [1.54, 1.807) is 11.8 Å². The van der Waals surface area contributed by atoms with Gasteiger partial charge in [-0.1, -0.05) is 30.3 Å². The molecule has 1 atom stereocenters. The maximum absolute atomic E-state index is 13.5. The van der Waals surface area contributed by atoms with Gasteiger partial charge in [-0.2, -0.15) is 0 Å². The number of pyridine rings is 1. The number of nitrogens with one attached hydrogen (secondary N) is 1. The summed E-state index contributed by atoms with van der Waals surface area (Å²) < 4.78 is 18.0. The van der Waals surface area contributed by atoms with Crippen LogP contribution >= 0.6 is 0 Å². The Balaban J connectivity index is 1.34. The molecular weight excluding hydrogens is 474 g/mol. The molecule has 2 aliphatic heterocycles. The Labute approximate surface area is 213 Å². The zero-order valence-electron chi connectivity index (χ0n) is 20.7. The number of methoxy groups -OCH3 is 1. The Hall–Kier alpha value is -3.80. The van der Waals surface area contributed by atoms with E-state index < -0.39 is 6.04 Å². The molecule has 11 nitrogen and oxygen atoms in total. The number of tetrazole rings is 1. The van der Waals surface area contributed by atoms with E-state index in [-0.39, 0.29) is 12.4 Å². The van der Waals surface area contributed by atoms with E-state index >= 15 is 0 Å². The molecular formula is C26H29N7O4. The Morgan fingerprint density at radius 2 is 1.84 bits per heavy atom. The van der Waals surface area contributed by atoms with E-state index in [0.717, 1.165) is 38.1 Å². The van der Waals surface area contributed by atoms with E-state index in [0.29, 0.717) is 41.6 Å². The summed E-state index contributed by atoms with van der Waals surface area (Å²) in [6.07, 6.45) is 0. The largest absolute Gasteiger partial charge is 0.454 e. The minimum Gasteiger partial charge on any atom is -0.454 e. The second-order valence-electron chi connectivity index (χ2n) is 9.30. The summed E-state index contributed by atoms with van der Waals surface area (Å²) in [5, 5.41) is 13.4. The zero-order chi connectivity index (χ0) is 25.2. The third-order valence-corrected chi connectivity index (χ3v) is 6.99. The highest BCUT2D eigenvalue weighted by Gasteiger charge is 2.33. The molecule has 0 spiro atoms. The van der Waals surface area contributed by atoms with Gasteiger partial charge in [0.25, 0.3) is 5.56 Å². The molecule has 0 amide bonds. The summed E-state index contributed by atoms with van der Waals surface area (Å²) in [6.45, 7) is 5.31. The third-order valence-electron chi connectivity index (χ3n) is 6.99. The maximum Gasteiger partial charge on any atom is 0.253 e. The molecule has 0 radical (unpaired) electrons. The molecule has 0 aliphatic carbocycles. The van der Waals surface area contributed by atoms with Gasteiger partial charge in [0.2, 0.25) is 6.79 Å². The number of aromatic nitrogens is 5. The first-order valence-corrected chi connectivity index (χ1v) is 12.4. The van der Waals surface area contributed by atoms with E-state index in [1.807, 2.05) is 24.3 Å². The summed E-state index contributed by atoms with van der Waals surface area (Å²) in [5.74, 6) is 1.92. The van der Waals surface area contributed by atoms with Crippen LogP contribution in [0.1, 0.15) is 23.0 Å². The molecule has 0 saturated carbocycles. The van der Waals surface area contributed by atoms with Crippen LogP contribution < -0.4 is 15.0 Å². The molecule has 2 aromatic heterocycles. The first kappa shape index (κ1) is 23.6. The number of piperazine rings is 1. The van der Waals surface area contributed by atoms with Gasteiger partial charge in [0, 0.05) is 56.8 Å². The van der Waals surface area contributed by atoms with Crippen LogP contribution in [0.25, 0.3) is 10.9 Å². The molecule has 192 valence electrons. The highest BCUT2D eigenvalue weighted by molar-refractivity contribution is 5.83. The molecule has 0 bridgehead atoms. The van der Waals surface area contributed by atoms with Gasteiger partial charge in [0.15, 0.2) is 17.3 Å². The van der Waals surface area contributed by atoms with Crippen LogP contribution in [-0.2, 0) is 17.8 Å². The first-order valence-electron chi connectivity index (χ1n) is 12.4. The van der Waals surface area contributed by atoms with Gasteiger partial charge >= 0.3 is 0 Å². The van der Waals surface area contributed by atoms with Gasteiger partial charge in [0.1, 0.15) is 6.04 Å². The van der Waals surface area contributed by atoms with E-state index in [4.69, 9.17) is 14.2 Å². The number of aromatic amines is 1. The Bertz CT molecular complexity index is 1430. The molecule has 37 heavy (non-hydrogen) atoms. The van der Waals surface area contributed by atoms with Gasteiger partial charge in [0.05, 0.1) is 18.7 Å². The standard InChI is InChI=1S/C26H29N7O4/c1-35-12-11-33-25(28-29-30-33)24(32-9-7-31(8-10-32)16-18-5-3-2-4-6-18)20-13-19-14-22-23(37-17-36-22)15-21(19)27-26(20)34/h2-6,13-15,24H,7-12,16-17H2,1H3,(H,27,34). The van der Waals surface area contributed by atoms with Crippen molar-refractivity contribution in [3.05, 3.63) is 75.8 Å². The van der Waals surface area contributed by atoms with E-state index in [1.165, 1.54) is 5.56 Å². The van der Waals surface area contributed by atoms with E-state index in [2.05, 4.69) is 54.6 Å². The van der Waals surface area contributed by atoms with Crippen LogP contribution in [0.4, 0.5) is 0 Å². The first-order chi connectivity index (χ1) is 18.2. The lowest BCUT2D eigenvalue weighted by atomic mass is 10.0. The van der Waals surface area contributed by atoms with Crippen molar-refractivity contribution in [3.63, 3.8) is 0 Å². The smallest absolute Gasteiger partial charge is 0.253 e.